The normalized spacial score (nSPS) is 11.5. The summed E-state index contributed by atoms with van der Waals surface area (Å²) in [6.07, 6.45) is 0. The van der Waals surface area contributed by atoms with Crippen molar-refractivity contribution in [1.29, 1.82) is 0 Å². The van der Waals surface area contributed by atoms with Gasteiger partial charge in [0.15, 0.2) is 5.13 Å². The second-order valence-corrected chi connectivity index (χ2v) is 6.50. The summed E-state index contributed by atoms with van der Waals surface area (Å²) in [7, 11) is 0. The number of anilines is 1. The maximum Gasteiger partial charge on any atom is 0.315 e. The Balaban J connectivity index is 2.06. The molecule has 2 N–H and O–H groups in total. The number of aromatic nitrogens is 1. The fraction of sp³-hybridized carbons (Fsp3) is 0.385. The van der Waals surface area contributed by atoms with Gasteiger partial charge in [-0.05, 0) is 42.7 Å². The average Bonchev–Trinajstić information content (AvgIpc) is 2.95. The standard InChI is InChI=1S/C13H16N2O2S2/c1-8-5-18-6-9(8)4-14-12-15-10(7-19-12)13(2,3)11(16)17/h5-7H,4H2,1-3H3,(H,14,15)(H,16,17). The van der Waals surface area contributed by atoms with Crippen LogP contribution in [0.2, 0.25) is 0 Å². The Morgan fingerprint density at radius 3 is 2.74 bits per heavy atom. The molecule has 0 radical (unpaired) electrons. The van der Waals surface area contributed by atoms with Gasteiger partial charge >= 0.3 is 5.97 Å². The highest BCUT2D eigenvalue weighted by molar-refractivity contribution is 7.13. The Kier molecular flexibility index (Phi) is 3.91. The maximum atomic E-state index is 11.2. The van der Waals surface area contributed by atoms with Gasteiger partial charge in [-0.15, -0.1) is 11.3 Å². The number of thiazole rings is 1. The molecule has 2 aromatic heterocycles. The van der Waals surface area contributed by atoms with Gasteiger partial charge in [-0.3, -0.25) is 4.79 Å². The van der Waals surface area contributed by atoms with Crippen molar-refractivity contribution in [2.75, 3.05) is 5.32 Å². The monoisotopic (exact) mass is 296 g/mol. The highest BCUT2D eigenvalue weighted by atomic mass is 32.1. The van der Waals surface area contributed by atoms with Crippen LogP contribution in [0.25, 0.3) is 0 Å². The van der Waals surface area contributed by atoms with Gasteiger partial charge in [0.1, 0.15) is 5.41 Å². The minimum Gasteiger partial charge on any atom is -0.481 e. The molecule has 0 aromatic carbocycles. The molecular formula is C13H16N2O2S2. The number of nitrogens with zero attached hydrogens (tertiary/aromatic N) is 1. The summed E-state index contributed by atoms with van der Waals surface area (Å²) in [6.45, 7) is 6.12. The van der Waals surface area contributed by atoms with Gasteiger partial charge < -0.3 is 10.4 Å². The van der Waals surface area contributed by atoms with Gasteiger partial charge in [0.05, 0.1) is 5.69 Å². The SMILES string of the molecule is Cc1cscc1CNc1nc(C(C)(C)C(=O)O)cs1. The number of aliphatic carboxylic acids is 1. The molecular weight excluding hydrogens is 280 g/mol. The van der Waals surface area contributed by atoms with E-state index in [2.05, 4.69) is 28.0 Å². The van der Waals surface area contributed by atoms with Gasteiger partial charge in [-0.25, -0.2) is 4.98 Å². The molecule has 0 saturated heterocycles. The summed E-state index contributed by atoms with van der Waals surface area (Å²) in [6, 6.07) is 0. The molecule has 0 aliphatic rings. The molecule has 102 valence electrons. The number of thiophene rings is 1. The second-order valence-electron chi connectivity index (χ2n) is 4.90. The van der Waals surface area contributed by atoms with Gasteiger partial charge in [-0.1, -0.05) is 0 Å². The molecule has 6 heteroatoms. The lowest BCUT2D eigenvalue weighted by Gasteiger charge is -2.15. The van der Waals surface area contributed by atoms with Crippen LogP contribution >= 0.6 is 22.7 Å². The molecule has 0 fully saturated rings. The zero-order valence-electron chi connectivity index (χ0n) is 11.1. The second kappa shape index (κ2) is 5.30. The fourth-order valence-electron chi connectivity index (χ4n) is 1.49. The van der Waals surface area contributed by atoms with E-state index in [-0.39, 0.29) is 0 Å². The van der Waals surface area contributed by atoms with Crippen molar-refractivity contribution in [3.8, 4) is 0 Å². The molecule has 2 heterocycles. The number of rotatable bonds is 5. The van der Waals surface area contributed by atoms with Crippen LogP contribution in [0.5, 0.6) is 0 Å². The molecule has 0 aliphatic carbocycles. The lowest BCUT2D eigenvalue weighted by Crippen LogP contribution is -2.28. The summed E-state index contributed by atoms with van der Waals surface area (Å²) in [5, 5.41) is 19.2. The van der Waals surface area contributed by atoms with Crippen LogP contribution in [-0.4, -0.2) is 16.1 Å². The van der Waals surface area contributed by atoms with Crippen LogP contribution in [-0.2, 0) is 16.8 Å². The summed E-state index contributed by atoms with van der Waals surface area (Å²) >= 11 is 3.12. The predicted molar refractivity (Wildman–Crippen MR) is 79.2 cm³/mol. The van der Waals surface area contributed by atoms with E-state index in [1.807, 2.05) is 0 Å². The minimum absolute atomic E-state index is 0.592. The number of hydrogen-bond donors (Lipinski definition) is 2. The lowest BCUT2D eigenvalue weighted by molar-refractivity contribution is -0.142. The number of nitrogens with one attached hydrogen (secondary N) is 1. The van der Waals surface area contributed by atoms with Gasteiger partial charge in [0, 0.05) is 11.9 Å². The zero-order chi connectivity index (χ0) is 14.0. The van der Waals surface area contributed by atoms with E-state index in [0.717, 1.165) is 11.7 Å². The van der Waals surface area contributed by atoms with Crippen LogP contribution in [0.3, 0.4) is 0 Å². The Bertz CT molecular complexity index is 587. The molecule has 2 aromatic rings. The highest BCUT2D eigenvalue weighted by Crippen LogP contribution is 2.27. The van der Waals surface area contributed by atoms with E-state index in [1.165, 1.54) is 22.5 Å². The topological polar surface area (TPSA) is 62.2 Å². The first-order valence-corrected chi connectivity index (χ1v) is 7.68. The first kappa shape index (κ1) is 14.0. The summed E-state index contributed by atoms with van der Waals surface area (Å²) < 4.78 is 0. The molecule has 0 atom stereocenters. The van der Waals surface area contributed by atoms with E-state index >= 15 is 0 Å². The molecule has 0 unspecified atom stereocenters. The summed E-state index contributed by atoms with van der Waals surface area (Å²) in [5.74, 6) is -0.863. The van der Waals surface area contributed by atoms with E-state index in [1.54, 1.807) is 30.6 Å². The van der Waals surface area contributed by atoms with E-state index < -0.39 is 11.4 Å². The van der Waals surface area contributed by atoms with Crippen molar-refractivity contribution in [3.05, 3.63) is 33.0 Å². The predicted octanol–water partition coefficient (Wildman–Crippen LogP) is 3.49. The third-order valence-corrected chi connectivity index (χ3v) is 4.78. The molecule has 19 heavy (non-hydrogen) atoms. The number of hydrogen-bond acceptors (Lipinski definition) is 5. The van der Waals surface area contributed by atoms with Crippen LogP contribution in [0.1, 0.15) is 30.7 Å². The Labute approximate surface area is 120 Å². The van der Waals surface area contributed by atoms with E-state index in [9.17, 15) is 4.79 Å². The van der Waals surface area contributed by atoms with Crippen molar-refractivity contribution in [2.45, 2.75) is 32.7 Å². The van der Waals surface area contributed by atoms with Crippen LogP contribution in [0.15, 0.2) is 16.1 Å². The maximum absolute atomic E-state index is 11.2. The third-order valence-electron chi connectivity index (χ3n) is 3.07. The highest BCUT2D eigenvalue weighted by Gasteiger charge is 2.32. The van der Waals surface area contributed by atoms with Crippen molar-refractivity contribution in [1.82, 2.24) is 4.98 Å². The summed E-state index contributed by atoms with van der Waals surface area (Å²) in [5.41, 5.74) is 2.16. The molecule has 0 aliphatic heterocycles. The lowest BCUT2D eigenvalue weighted by atomic mass is 9.90. The smallest absolute Gasteiger partial charge is 0.315 e. The van der Waals surface area contributed by atoms with Gasteiger partial charge in [0.25, 0.3) is 0 Å². The Hall–Kier alpha value is -1.40. The van der Waals surface area contributed by atoms with Crippen molar-refractivity contribution >= 4 is 33.8 Å². The van der Waals surface area contributed by atoms with Crippen LogP contribution < -0.4 is 5.32 Å². The molecule has 0 bridgehead atoms. The van der Waals surface area contributed by atoms with Crippen molar-refractivity contribution in [3.63, 3.8) is 0 Å². The number of aryl methyl sites for hydroxylation is 1. The number of carboxylic acid groups (broad SMARTS) is 1. The molecule has 4 nitrogen and oxygen atoms in total. The number of carbonyl (C=O) groups is 1. The number of carboxylic acids is 1. The van der Waals surface area contributed by atoms with Crippen LogP contribution in [0, 0.1) is 6.92 Å². The van der Waals surface area contributed by atoms with Crippen molar-refractivity contribution in [2.24, 2.45) is 0 Å². The fourth-order valence-corrected chi connectivity index (χ4v) is 3.22. The van der Waals surface area contributed by atoms with Crippen molar-refractivity contribution < 1.29 is 9.90 Å². The third kappa shape index (κ3) is 2.96. The first-order valence-electron chi connectivity index (χ1n) is 5.86. The molecule has 0 saturated carbocycles. The van der Waals surface area contributed by atoms with Gasteiger partial charge in [-0.2, -0.15) is 11.3 Å². The molecule has 2 rings (SSSR count). The Morgan fingerprint density at radius 1 is 1.42 bits per heavy atom. The average molecular weight is 296 g/mol. The van der Waals surface area contributed by atoms with Gasteiger partial charge in [0.2, 0.25) is 0 Å². The Morgan fingerprint density at radius 2 is 2.16 bits per heavy atom. The van der Waals surface area contributed by atoms with E-state index in [4.69, 9.17) is 5.11 Å². The zero-order valence-corrected chi connectivity index (χ0v) is 12.7. The molecule has 0 spiro atoms. The molecule has 0 amide bonds. The largest absolute Gasteiger partial charge is 0.481 e. The quantitative estimate of drug-likeness (QED) is 0.886. The first-order chi connectivity index (χ1) is 8.91. The van der Waals surface area contributed by atoms with E-state index in [0.29, 0.717) is 5.69 Å². The van der Waals surface area contributed by atoms with Crippen LogP contribution in [0.4, 0.5) is 5.13 Å². The minimum atomic E-state index is -0.950. The summed E-state index contributed by atoms with van der Waals surface area (Å²) in [4.78, 5) is 15.5.